The van der Waals surface area contributed by atoms with Gasteiger partial charge in [0.2, 0.25) is 0 Å². The number of rotatable bonds is 2. The van der Waals surface area contributed by atoms with Gasteiger partial charge in [-0.05, 0) is 26.3 Å². The summed E-state index contributed by atoms with van der Waals surface area (Å²) in [7, 11) is 0. The molecule has 3 rings (SSSR count). The van der Waals surface area contributed by atoms with E-state index in [1.54, 1.807) is 19.1 Å². The third kappa shape index (κ3) is 2.04. The van der Waals surface area contributed by atoms with E-state index < -0.39 is 0 Å². The molecule has 5 heteroatoms. The summed E-state index contributed by atoms with van der Waals surface area (Å²) < 4.78 is 14.4. The molecular formula is C14H16FN3O. The van der Waals surface area contributed by atoms with Crippen LogP contribution in [0.15, 0.2) is 16.9 Å². The Balaban J connectivity index is 2.05. The number of nitrogens with one attached hydrogen (secondary N) is 1. The minimum absolute atomic E-state index is 0.210. The van der Waals surface area contributed by atoms with Crippen LogP contribution < -0.4 is 5.56 Å². The van der Waals surface area contributed by atoms with Crippen molar-refractivity contribution in [1.82, 2.24) is 14.9 Å². The van der Waals surface area contributed by atoms with Crippen LogP contribution in [0.3, 0.4) is 0 Å². The van der Waals surface area contributed by atoms with Gasteiger partial charge >= 0.3 is 0 Å². The predicted molar refractivity (Wildman–Crippen MR) is 71.5 cm³/mol. The molecule has 1 aliphatic rings. The average Bonchev–Trinajstić information content (AvgIpc) is 2.39. The molecule has 0 saturated carbocycles. The minimum atomic E-state index is -0.360. The molecule has 1 saturated heterocycles. The van der Waals surface area contributed by atoms with Crippen molar-refractivity contribution in [3.63, 3.8) is 0 Å². The summed E-state index contributed by atoms with van der Waals surface area (Å²) in [5, 5.41) is 0. The lowest BCUT2D eigenvalue weighted by molar-refractivity contribution is 0.0946. The Bertz CT molecular complexity index is 695. The molecule has 4 nitrogen and oxygen atoms in total. The summed E-state index contributed by atoms with van der Waals surface area (Å²) in [4.78, 5) is 20.4. The van der Waals surface area contributed by atoms with Gasteiger partial charge in [0.25, 0.3) is 5.56 Å². The maximum absolute atomic E-state index is 14.4. The molecule has 0 spiro atoms. The quantitative estimate of drug-likeness (QED) is 0.899. The van der Waals surface area contributed by atoms with E-state index in [-0.39, 0.29) is 16.9 Å². The van der Waals surface area contributed by atoms with Gasteiger partial charge in [0.15, 0.2) is 5.82 Å². The Kier molecular flexibility index (Phi) is 2.86. The summed E-state index contributed by atoms with van der Waals surface area (Å²) in [6.07, 6.45) is 1.16. The van der Waals surface area contributed by atoms with E-state index in [0.717, 1.165) is 13.0 Å². The van der Waals surface area contributed by atoms with Crippen LogP contribution in [0.4, 0.5) is 4.39 Å². The summed E-state index contributed by atoms with van der Waals surface area (Å²) in [6.45, 7) is 5.33. The largest absolute Gasteiger partial charge is 0.317 e. The van der Waals surface area contributed by atoms with E-state index in [4.69, 9.17) is 0 Å². The van der Waals surface area contributed by atoms with Crippen molar-refractivity contribution < 1.29 is 4.39 Å². The number of halogens is 1. The summed E-state index contributed by atoms with van der Waals surface area (Å²) in [6, 6.07) is 4.03. The van der Waals surface area contributed by atoms with Crippen molar-refractivity contribution in [1.29, 1.82) is 0 Å². The number of nitrogens with zero attached hydrogens (tertiary/aromatic N) is 2. The SMILES string of the molecule is Cc1nc2ccc(CN3CCC3C)c(F)c2[nH]c1=O. The highest BCUT2D eigenvalue weighted by molar-refractivity contribution is 5.75. The molecule has 1 N–H and O–H groups in total. The lowest BCUT2D eigenvalue weighted by Gasteiger charge is -2.38. The number of aryl methyl sites for hydroxylation is 1. The molecule has 19 heavy (non-hydrogen) atoms. The van der Waals surface area contributed by atoms with E-state index >= 15 is 0 Å². The Morgan fingerprint density at radius 3 is 2.95 bits per heavy atom. The van der Waals surface area contributed by atoms with E-state index in [1.165, 1.54) is 0 Å². The van der Waals surface area contributed by atoms with E-state index in [0.29, 0.717) is 29.4 Å². The highest BCUT2D eigenvalue weighted by atomic mass is 19.1. The number of H-pyrrole nitrogens is 1. The maximum atomic E-state index is 14.4. The highest BCUT2D eigenvalue weighted by Gasteiger charge is 2.24. The molecule has 1 aromatic carbocycles. The molecule has 1 aromatic heterocycles. The van der Waals surface area contributed by atoms with E-state index in [9.17, 15) is 9.18 Å². The zero-order valence-electron chi connectivity index (χ0n) is 11.0. The van der Waals surface area contributed by atoms with Crippen LogP contribution >= 0.6 is 0 Å². The second-order valence-electron chi connectivity index (χ2n) is 5.19. The number of aromatic nitrogens is 2. The summed E-state index contributed by atoms with van der Waals surface area (Å²) in [5.74, 6) is -0.360. The van der Waals surface area contributed by atoms with Gasteiger partial charge in [0.1, 0.15) is 11.2 Å². The topological polar surface area (TPSA) is 49.0 Å². The second kappa shape index (κ2) is 4.42. The van der Waals surface area contributed by atoms with Crippen molar-refractivity contribution in [2.45, 2.75) is 32.9 Å². The smallest absolute Gasteiger partial charge is 0.269 e. The highest BCUT2D eigenvalue weighted by Crippen LogP contribution is 2.23. The monoisotopic (exact) mass is 261 g/mol. The third-order valence-electron chi connectivity index (χ3n) is 3.89. The van der Waals surface area contributed by atoms with Crippen molar-refractivity contribution >= 4 is 11.0 Å². The van der Waals surface area contributed by atoms with Crippen LogP contribution in [0.1, 0.15) is 24.6 Å². The van der Waals surface area contributed by atoms with Crippen molar-refractivity contribution in [2.24, 2.45) is 0 Å². The Morgan fingerprint density at radius 2 is 2.32 bits per heavy atom. The van der Waals surface area contributed by atoms with Gasteiger partial charge in [-0.15, -0.1) is 0 Å². The Labute approximate surface area is 110 Å². The Hall–Kier alpha value is -1.75. The first-order valence-electron chi connectivity index (χ1n) is 6.48. The minimum Gasteiger partial charge on any atom is -0.317 e. The van der Waals surface area contributed by atoms with Gasteiger partial charge in [0.05, 0.1) is 5.52 Å². The van der Waals surface area contributed by atoms with Crippen LogP contribution in [0.5, 0.6) is 0 Å². The van der Waals surface area contributed by atoms with Crippen molar-refractivity contribution in [3.8, 4) is 0 Å². The third-order valence-corrected chi connectivity index (χ3v) is 3.89. The molecule has 1 unspecified atom stereocenters. The number of hydrogen-bond acceptors (Lipinski definition) is 3. The van der Waals surface area contributed by atoms with Gasteiger partial charge in [-0.3, -0.25) is 9.69 Å². The van der Waals surface area contributed by atoms with Gasteiger partial charge in [-0.2, -0.15) is 0 Å². The van der Waals surface area contributed by atoms with Crippen molar-refractivity contribution in [3.05, 3.63) is 39.6 Å². The summed E-state index contributed by atoms with van der Waals surface area (Å²) >= 11 is 0. The number of fused-ring (bicyclic) bond motifs is 1. The van der Waals surface area contributed by atoms with Crippen LogP contribution in [-0.2, 0) is 6.54 Å². The first-order chi connectivity index (χ1) is 9.06. The fourth-order valence-electron chi connectivity index (χ4n) is 2.40. The standard InChI is InChI=1S/C14H16FN3O/c1-8-5-6-18(8)7-10-3-4-11-13(12(10)15)17-14(19)9(2)16-11/h3-4,8H,5-7H2,1-2H3,(H,17,19). The zero-order valence-corrected chi connectivity index (χ0v) is 11.0. The molecule has 0 amide bonds. The van der Waals surface area contributed by atoms with Gasteiger partial charge < -0.3 is 4.98 Å². The van der Waals surface area contributed by atoms with E-state index in [2.05, 4.69) is 21.8 Å². The molecule has 2 heterocycles. The molecule has 1 aliphatic heterocycles. The summed E-state index contributed by atoms with van der Waals surface area (Å²) in [5.41, 5.74) is 1.34. The number of aromatic amines is 1. The normalized spacial score (nSPS) is 19.6. The molecule has 0 radical (unpaired) electrons. The number of benzene rings is 1. The molecular weight excluding hydrogens is 245 g/mol. The molecule has 0 aliphatic carbocycles. The van der Waals surface area contributed by atoms with Crippen LogP contribution in [-0.4, -0.2) is 27.5 Å². The van der Waals surface area contributed by atoms with E-state index in [1.807, 2.05) is 0 Å². The van der Waals surface area contributed by atoms with Gasteiger partial charge in [0, 0.05) is 24.7 Å². The first kappa shape index (κ1) is 12.3. The van der Waals surface area contributed by atoms with Gasteiger partial charge in [-0.25, -0.2) is 9.37 Å². The fraction of sp³-hybridized carbons (Fsp3) is 0.429. The zero-order chi connectivity index (χ0) is 13.6. The maximum Gasteiger partial charge on any atom is 0.269 e. The van der Waals surface area contributed by atoms with Crippen LogP contribution in [0.2, 0.25) is 0 Å². The average molecular weight is 261 g/mol. The molecule has 100 valence electrons. The predicted octanol–water partition coefficient (Wildman–Crippen LogP) is 1.96. The molecule has 0 bridgehead atoms. The molecule has 2 aromatic rings. The molecule has 1 atom stereocenters. The molecule has 1 fully saturated rings. The Morgan fingerprint density at radius 1 is 1.53 bits per heavy atom. The number of likely N-dealkylation sites (tertiary alicyclic amines) is 1. The van der Waals surface area contributed by atoms with Crippen LogP contribution in [0.25, 0.3) is 11.0 Å². The first-order valence-corrected chi connectivity index (χ1v) is 6.48. The number of hydrogen-bond donors (Lipinski definition) is 1. The fourth-order valence-corrected chi connectivity index (χ4v) is 2.40. The van der Waals surface area contributed by atoms with Crippen LogP contribution in [0, 0.1) is 12.7 Å². The second-order valence-corrected chi connectivity index (χ2v) is 5.19. The van der Waals surface area contributed by atoms with Gasteiger partial charge in [-0.1, -0.05) is 6.07 Å². The lowest BCUT2D eigenvalue weighted by Crippen LogP contribution is -2.44. The van der Waals surface area contributed by atoms with Crippen molar-refractivity contribution in [2.75, 3.05) is 6.54 Å². The lowest BCUT2D eigenvalue weighted by atomic mass is 10.0.